The average molecular weight is 344 g/mol. The van der Waals surface area contributed by atoms with Gasteiger partial charge < -0.3 is 15.1 Å². The number of urea groups is 1. The van der Waals surface area contributed by atoms with E-state index in [1.54, 1.807) is 34.1 Å². The molecule has 8 nitrogen and oxygen atoms in total. The lowest BCUT2D eigenvalue weighted by Crippen LogP contribution is -2.49. The van der Waals surface area contributed by atoms with Crippen molar-refractivity contribution in [3.05, 3.63) is 35.9 Å². The number of hydrogen-bond donors (Lipinski definition) is 2. The lowest BCUT2D eigenvalue weighted by atomic mass is 9.85. The van der Waals surface area contributed by atoms with Crippen LogP contribution in [-0.2, 0) is 19.9 Å². The number of carbonyl (C=O) groups excluding carboxylic acids is 4. The number of carbonyl (C=O) groups is 4. The predicted octanol–water partition coefficient (Wildman–Crippen LogP) is -0.198. The summed E-state index contributed by atoms with van der Waals surface area (Å²) in [6, 6.07) is 8.37. The van der Waals surface area contributed by atoms with Crippen LogP contribution in [0.25, 0.3) is 0 Å². The molecule has 132 valence electrons. The molecule has 1 atom stereocenters. The average Bonchev–Trinajstić information content (AvgIpc) is 2.95. The zero-order valence-corrected chi connectivity index (χ0v) is 13.7. The second kappa shape index (κ2) is 6.92. The minimum Gasteiger partial charge on any atom is -0.342 e. The van der Waals surface area contributed by atoms with Crippen LogP contribution in [-0.4, -0.2) is 60.2 Å². The van der Waals surface area contributed by atoms with Crippen LogP contribution >= 0.6 is 0 Å². The third kappa shape index (κ3) is 3.33. The Bertz CT molecular complexity index is 685. The van der Waals surface area contributed by atoms with Gasteiger partial charge in [-0.1, -0.05) is 30.3 Å². The summed E-state index contributed by atoms with van der Waals surface area (Å²) in [5.74, 6) is -0.530. The van der Waals surface area contributed by atoms with Crippen molar-refractivity contribution in [2.45, 2.75) is 18.4 Å². The molecule has 5 amide bonds. The van der Waals surface area contributed by atoms with Crippen molar-refractivity contribution < 1.29 is 19.2 Å². The van der Waals surface area contributed by atoms with Gasteiger partial charge in [0.05, 0.1) is 0 Å². The van der Waals surface area contributed by atoms with Crippen molar-refractivity contribution in [2.24, 2.45) is 0 Å². The molecular formula is C17H20N4O4. The molecule has 0 radical (unpaired) electrons. The molecule has 25 heavy (non-hydrogen) atoms. The molecule has 1 unspecified atom stereocenters. The molecule has 2 saturated heterocycles. The van der Waals surface area contributed by atoms with Crippen LogP contribution in [0.2, 0.25) is 0 Å². The van der Waals surface area contributed by atoms with Gasteiger partial charge >= 0.3 is 6.03 Å². The topological polar surface area (TPSA) is 98.8 Å². The normalized spacial score (nSPS) is 23.2. The van der Waals surface area contributed by atoms with Crippen LogP contribution in [0.5, 0.6) is 0 Å². The summed E-state index contributed by atoms with van der Waals surface area (Å²) in [6.45, 7) is 1.98. The van der Waals surface area contributed by atoms with Crippen LogP contribution in [0.1, 0.15) is 18.4 Å². The Morgan fingerprint density at radius 3 is 2.36 bits per heavy atom. The molecule has 3 rings (SSSR count). The second-order valence-electron chi connectivity index (χ2n) is 6.20. The van der Waals surface area contributed by atoms with Gasteiger partial charge in [-0.3, -0.25) is 19.7 Å². The number of benzene rings is 1. The van der Waals surface area contributed by atoms with Crippen molar-refractivity contribution in [3.8, 4) is 0 Å². The zero-order chi connectivity index (χ0) is 17.9. The predicted molar refractivity (Wildman–Crippen MR) is 88.2 cm³/mol. The molecule has 0 spiro atoms. The number of rotatable bonds is 5. The first-order valence-electron chi connectivity index (χ1n) is 8.21. The second-order valence-corrected chi connectivity index (χ2v) is 6.20. The van der Waals surface area contributed by atoms with Crippen molar-refractivity contribution >= 4 is 24.3 Å². The van der Waals surface area contributed by atoms with Crippen LogP contribution in [0, 0.1) is 0 Å². The molecule has 8 heteroatoms. The molecule has 1 aromatic rings. The maximum atomic E-state index is 12.5. The first kappa shape index (κ1) is 16.9. The highest BCUT2D eigenvalue weighted by atomic mass is 16.2. The quantitative estimate of drug-likeness (QED) is 0.571. The van der Waals surface area contributed by atoms with Crippen LogP contribution < -0.4 is 10.6 Å². The smallest absolute Gasteiger partial charge is 0.322 e. The summed E-state index contributed by atoms with van der Waals surface area (Å²) >= 11 is 0. The fourth-order valence-electron chi connectivity index (χ4n) is 3.27. The Hall–Kier alpha value is -2.90. The van der Waals surface area contributed by atoms with Crippen molar-refractivity contribution in [1.82, 2.24) is 20.4 Å². The van der Waals surface area contributed by atoms with E-state index in [9.17, 15) is 19.2 Å². The Morgan fingerprint density at radius 2 is 1.80 bits per heavy atom. The van der Waals surface area contributed by atoms with E-state index >= 15 is 0 Å². The molecule has 2 N–H and O–H groups in total. The maximum Gasteiger partial charge on any atom is 0.322 e. The number of hydrogen-bond acceptors (Lipinski definition) is 4. The number of amides is 5. The van der Waals surface area contributed by atoms with Crippen LogP contribution in [0.3, 0.4) is 0 Å². The third-order valence-electron chi connectivity index (χ3n) is 4.74. The summed E-state index contributed by atoms with van der Waals surface area (Å²) in [7, 11) is 0. The SMILES string of the molecule is O=CN1CCN(C(=O)CCC2(c3ccccc3)NC(=O)NC2=O)CC1. The van der Waals surface area contributed by atoms with Gasteiger partial charge in [0.25, 0.3) is 5.91 Å². The van der Waals surface area contributed by atoms with Gasteiger partial charge in [-0.25, -0.2) is 4.79 Å². The standard InChI is InChI=1S/C17H20N4O4/c22-12-20-8-10-21(11-9-20)14(23)6-7-17(13-4-2-1-3-5-13)15(24)18-16(25)19-17/h1-5,12H,6-11H2,(H2,18,19,24,25). The van der Waals surface area contributed by atoms with E-state index in [4.69, 9.17) is 0 Å². The van der Waals surface area contributed by atoms with Crippen LogP contribution in [0.15, 0.2) is 30.3 Å². The molecule has 2 heterocycles. The van der Waals surface area contributed by atoms with Gasteiger partial charge in [-0.2, -0.15) is 0 Å². The number of nitrogens with one attached hydrogen (secondary N) is 2. The monoisotopic (exact) mass is 344 g/mol. The molecule has 0 saturated carbocycles. The summed E-state index contributed by atoms with van der Waals surface area (Å²) < 4.78 is 0. The lowest BCUT2D eigenvalue weighted by Gasteiger charge is -2.33. The van der Waals surface area contributed by atoms with Gasteiger partial charge in [-0.15, -0.1) is 0 Å². The fourth-order valence-corrected chi connectivity index (χ4v) is 3.27. The molecule has 1 aromatic carbocycles. The Balaban J connectivity index is 1.70. The molecule has 2 aliphatic rings. The van der Waals surface area contributed by atoms with Gasteiger partial charge in [0.2, 0.25) is 12.3 Å². The summed E-state index contributed by atoms with van der Waals surface area (Å²) in [6.07, 6.45) is 1.09. The van der Waals surface area contributed by atoms with Gasteiger partial charge in [0.1, 0.15) is 5.54 Å². The van der Waals surface area contributed by atoms with Gasteiger partial charge in [-0.05, 0) is 12.0 Å². The zero-order valence-electron chi connectivity index (χ0n) is 13.7. The van der Waals surface area contributed by atoms with E-state index in [1.807, 2.05) is 6.07 Å². The molecule has 2 fully saturated rings. The summed E-state index contributed by atoms with van der Waals surface area (Å²) in [4.78, 5) is 50.6. The molecule has 0 aromatic heterocycles. The number of imide groups is 1. The minimum absolute atomic E-state index is 0.0881. The van der Waals surface area contributed by atoms with Gasteiger partial charge in [0, 0.05) is 32.6 Å². The highest BCUT2D eigenvalue weighted by molar-refractivity contribution is 6.07. The van der Waals surface area contributed by atoms with Crippen molar-refractivity contribution in [3.63, 3.8) is 0 Å². The van der Waals surface area contributed by atoms with E-state index in [0.717, 1.165) is 6.41 Å². The lowest BCUT2D eigenvalue weighted by molar-refractivity contribution is -0.136. The van der Waals surface area contributed by atoms with Crippen molar-refractivity contribution in [1.29, 1.82) is 0 Å². The first-order chi connectivity index (χ1) is 12.0. The maximum absolute atomic E-state index is 12.5. The molecule has 0 aliphatic carbocycles. The molecular weight excluding hydrogens is 324 g/mol. The highest BCUT2D eigenvalue weighted by Crippen LogP contribution is 2.30. The Kier molecular flexibility index (Phi) is 4.69. The highest BCUT2D eigenvalue weighted by Gasteiger charge is 2.47. The van der Waals surface area contributed by atoms with E-state index in [-0.39, 0.29) is 18.7 Å². The van der Waals surface area contributed by atoms with Crippen LogP contribution in [0.4, 0.5) is 4.79 Å². The minimum atomic E-state index is -1.22. The Labute approximate surface area is 145 Å². The summed E-state index contributed by atoms with van der Waals surface area (Å²) in [5, 5.41) is 4.95. The molecule has 0 bridgehead atoms. The van der Waals surface area contributed by atoms with Gasteiger partial charge in [0.15, 0.2) is 0 Å². The summed E-state index contributed by atoms with van der Waals surface area (Å²) in [5.41, 5.74) is -0.574. The van der Waals surface area contributed by atoms with Crippen molar-refractivity contribution in [2.75, 3.05) is 26.2 Å². The third-order valence-corrected chi connectivity index (χ3v) is 4.74. The van der Waals surface area contributed by atoms with E-state index in [0.29, 0.717) is 31.7 Å². The fraction of sp³-hybridized carbons (Fsp3) is 0.412. The first-order valence-corrected chi connectivity index (χ1v) is 8.21. The van der Waals surface area contributed by atoms with E-state index in [1.165, 1.54) is 0 Å². The largest absolute Gasteiger partial charge is 0.342 e. The number of piperazine rings is 1. The van der Waals surface area contributed by atoms with E-state index in [2.05, 4.69) is 10.6 Å². The number of nitrogens with zero attached hydrogens (tertiary/aromatic N) is 2. The molecule has 2 aliphatic heterocycles. The Morgan fingerprint density at radius 1 is 1.12 bits per heavy atom. The van der Waals surface area contributed by atoms with E-state index < -0.39 is 17.5 Å².